The van der Waals surface area contributed by atoms with Crippen molar-refractivity contribution in [2.24, 2.45) is 28.4 Å². The zero-order valence-electron chi connectivity index (χ0n) is 15.8. The van der Waals surface area contributed by atoms with Crippen LogP contribution < -0.4 is 5.73 Å². The molecule has 3 nitrogen and oxygen atoms in total. The lowest BCUT2D eigenvalue weighted by Crippen LogP contribution is -2.50. The van der Waals surface area contributed by atoms with Gasteiger partial charge in [0.25, 0.3) is 0 Å². The van der Waals surface area contributed by atoms with E-state index in [1.807, 2.05) is 11.9 Å². The number of carbonyl (C=O) groups excluding carboxylic acids is 1. The number of carbonyl (C=O) groups is 1. The van der Waals surface area contributed by atoms with Gasteiger partial charge >= 0.3 is 0 Å². The smallest absolute Gasteiger partial charge is 0.229 e. The number of nitrogens with zero attached hydrogens (tertiary/aromatic N) is 1. The van der Waals surface area contributed by atoms with Crippen LogP contribution in [-0.4, -0.2) is 30.9 Å². The number of rotatable bonds is 6. The second-order valence-electron chi connectivity index (χ2n) is 8.93. The highest BCUT2D eigenvalue weighted by Gasteiger charge is 2.56. The molecule has 2 N–H and O–H groups in total. The number of nitrogens with two attached hydrogens (primary N) is 1. The van der Waals surface area contributed by atoms with Gasteiger partial charge in [-0.25, -0.2) is 0 Å². The van der Waals surface area contributed by atoms with E-state index < -0.39 is 0 Å². The summed E-state index contributed by atoms with van der Waals surface area (Å²) in [6.07, 6.45) is 5.73. The Bertz CT molecular complexity index is 589. The van der Waals surface area contributed by atoms with Gasteiger partial charge in [-0.15, -0.1) is 12.4 Å². The SMILES string of the molecule is CN(CC(C)(C)CN)C(=O)C1(Cc2ccccc2)CC2CCC1C2.Cl. The van der Waals surface area contributed by atoms with Crippen LogP contribution in [0.5, 0.6) is 0 Å². The molecule has 2 saturated carbocycles. The molecule has 1 amide bonds. The molecule has 0 saturated heterocycles. The van der Waals surface area contributed by atoms with E-state index in [-0.39, 0.29) is 23.2 Å². The fourth-order valence-corrected chi connectivity index (χ4v) is 5.12. The third-order valence-electron chi connectivity index (χ3n) is 6.33. The Morgan fingerprint density at radius 3 is 2.48 bits per heavy atom. The average molecular weight is 365 g/mol. The van der Waals surface area contributed by atoms with Crippen molar-refractivity contribution in [2.45, 2.75) is 46.0 Å². The van der Waals surface area contributed by atoms with Crippen molar-refractivity contribution in [2.75, 3.05) is 20.1 Å². The Morgan fingerprint density at radius 1 is 1.28 bits per heavy atom. The van der Waals surface area contributed by atoms with Gasteiger partial charge in [0.2, 0.25) is 5.91 Å². The van der Waals surface area contributed by atoms with Crippen LogP contribution in [0.15, 0.2) is 30.3 Å². The molecule has 1 aromatic carbocycles. The fourth-order valence-electron chi connectivity index (χ4n) is 5.12. The highest BCUT2D eigenvalue weighted by Crippen LogP contribution is 2.58. The quantitative estimate of drug-likeness (QED) is 0.832. The summed E-state index contributed by atoms with van der Waals surface area (Å²) in [6, 6.07) is 10.6. The third kappa shape index (κ3) is 4.03. The van der Waals surface area contributed by atoms with E-state index >= 15 is 0 Å². The molecule has 3 rings (SSSR count). The molecule has 3 atom stereocenters. The molecule has 2 bridgehead atoms. The Kier molecular flexibility index (Phi) is 6.22. The first-order valence-electron chi connectivity index (χ1n) is 9.36. The van der Waals surface area contributed by atoms with Gasteiger partial charge in [-0.3, -0.25) is 4.79 Å². The van der Waals surface area contributed by atoms with Gasteiger partial charge in [0.05, 0.1) is 5.41 Å². The van der Waals surface area contributed by atoms with Crippen molar-refractivity contribution in [1.29, 1.82) is 0 Å². The minimum absolute atomic E-state index is 0. The predicted octanol–water partition coefficient (Wildman–Crippen LogP) is 3.90. The summed E-state index contributed by atoms with van der Waals surface area (Å²) in [5.74, 6) is 1.65. The molecule has 25 heavy (non-hydrogen) atoms. The molecule has 4 heteroatoms. The molecule has 0 spiro atoms. The largest absolute Gasteiger partial charge is 0.345 e. The van der Waals surface area contributed by atoms with Gasteiger partial charge < -0.3 is 10.6 Å². The minimum atomic E-state index is -0.191. The standard InChI is InChI=1S/C21H32N2O.ClH/c1-20(2,14-22)15-23(3)19(24)21(12-16-7-5-4-6-8-16)13-17-9-10-18(21)11-17;/h4-8,17-18H,9-15,22H2,1-3H3;1H. The second-order valence-corrected chi connectivity index (χ2v) is 8.93. The monoisotopic (exact) mass is 364 g/mol. The number of halogens is 1. The van der Waals surface area contributed by atoms with Gasteiger partial charge in [0.15, 0.2) is 0 Å². The Hall–Kier alpha value is -1.06. The van der Waals surface area contributed by atoms with Crippen LogP contribution in [-0.2, 0) is 11.2 Å². The topological polar surface area (TPSA) is 46.3 Å². The Balaban J connectivity index is 0.00000225. The van der Waals surface area contributed by atoms with Crippen molar-refractivity contribution in [3.8, 4) is 0 Å². The summed E-state index contributed by atoms with van der Waals surface area (Å²) < 4.78 is 0. The first-order valence-corrected chi connectivity index (χ1v) is 9.36. The third-order valence-corrected chi connectivity index (χ3v) is 6.33. The van der Waals surface area contributed by atoms with Crippen molar-refractivity contribution in [3.63, 3.8) is 0 Å². The lowest BCUT2D eigenvalue weighted by molar-refractivity contribution is -0.145. The van der Waals surface area contributed by atoms with Crippen molar-refractivity contribution in [3.05, 3.63) is 35.9 Å². The van der Waals surface area contributed by atoms with Crippen LogP contribution in [0.25, 0.3) is 0 Å². The van der Waals surface area contributed by atoms with Crippen LogP contribution in [0.2, 0.25) is 0 Å². The molecule has 2 aliphatic rings. The van der Waals surface area contributed by atoms with Crippen molar-refractivity contribution >= 4 is 18.3 Å². The summed E-state index contributed by atoms with van der Waals surface area (Å²) in [5, 5.41) is 0. The molecule has 0 aliphatic heterocycles. The number of fused-ring (bicyclic) bond motifs is 2. The van der Waals surface area contributed by atoms with E-state index in [4.69, 9.17) is 5.73 Å². The van der Waals surface area contributed by atoms with Crippen LogP contribution in [0, 0.1) is 22.7 Å². The molecular formula is C21H33ClN2O. The molecule has 3 unspecified atom stereocenters. The minimum Gasteiger partial charge on any atom is -0.345 e. The highest BCUT2D eigenvalue weighted by atomic mass is 35.5. The number of amides is 1. The maximum atomic E-state index is 13.5. The van der Waals surface area contributed by atoms with Gasteiger partial charge in [-0.05, 0) is 55.0 Å². The van der Waals surface area contributed by atoms with Crippen molar-refractivity contribution < 1.29 is 4.79 Å². The average Bonchev–Trinajstić information content (AvgIpc) is 3.16. The first kappa shape index (κ1) is 20.3. The van der Waals surface area contributed by atoms with E-state index in [2.05, 4.69) is 44.2 Å². The lowest BCUT2D eigenvalue weighted by atomic mass is 9.68. The molecule has 0 radical (unpaired) electrons. The Morgan fingerprint density at radius 2 is 1.96 bits per heavy atom. The zero-order chi connectivity index (χ0) is 17.4. The van der Waals surface area contributed by atoms with Crippen LogP contribution in [0.4, 0.5) is 0 Å². The van der Waals surface area contributed by atoms with Crippen LogP contribution >= 0.6 is 12.4 Å². The summed E-state index contributed by atoms with van der Waals surface area (Å²) in [4.78, 5) is 15.5. The second kappa shape index (κ2) is 7.67. The number of benzene rings is 1. The number of hydrogen-bond acceptors (Lipinski definition) is 2. The van der Waals surface area contributed by atoms with E-state index in [1.54, 1.807) is 0 Å². The molecule has 0 heterocycles. The molecular weight excluding hydrogens is 332 g/mol. The molecule has 1 aromatic rings. The summed E-state index contributed by atoms with van der Waals surface area (Å²) in [7, 11) is 1.97. The lowest BCUT2D eigenvalue weighted by Gasteiger charge is -2.41. The maximum Gasteiger partial charge on any atom is 0.229 e. The van der Waals surface area contributed by atoms with E-state index in [0.29, 0.717) is 18.4 Å². The predicted molar refractivity (Wildman–Crippen MR) is 106 cm³/mol. The van der Waals surface area contributed by atoms with Crippen LogP contribution in [0.3, 0.4) is 0 Å². The van der Waals surface area contributed by atoms with Gasteiger partial charge in [-0.1, -0.05) is 50.6 Å². The van der Waals surface area contributed by atoms with Crippen LogP contribution in [0.1, 0.15) is 45.1 Å². The molecule has 140 valence electrons. The fraction of sp³-hybridized carbons (Fsp3) is 0.667. The van der Waals surface area contributed by atoms with E-state index in [0.717, 1.165) is 25.3 Å². The highest BCUT2D eigenvalue weighted by molar-refractivity contribution is 5.85. The normalized spacial score (nSPS) is 27.8. The maximum absolute atomic E-state index is 13.5. The summed E-state index contributed by atoms with van der Waals surface area (Å²) >= 11 is 0. The van der Waals surface area contributed by atoms with E-state index in [1.165, 1.54) is 24.8 Å². The summed E-state index contributed by atoms with van der Waals surface area (Å²) in [5.41, 5.74) is 6.96. The van der Waals surface area contributed by atoms with Gasteiger partial charge in [-0.2, -0.15) is 0 Å². The first-order chi connectivity index (χ1) is 11.4. The van der Waals surface area contributed by atoms with Crippen molar-refractivity contribution in [1.82, 2.24) is 4.90 Å². The van der Waals surface area contributed by atoms with E-state index in [9.17, 15) is 4.79 Å². The zero-order valence-corrected chi connectivity index (χ0v) is 16.6. The summed E-state index contributed by atoms with van der Waals surface area (Å²) in [6.45, 7) is 5.61. The molecule has 2 fully saturated rings. The Labute approximate surface area is 158 Å². The molecule has 2 aliphatic carbocycles. The number of hydrogen-bond donors (Lipinski definition) is 1. The molecule has 0 aromatic heterocycles. The van der Waals surface area contributed by atoms with Gasteiger partial charge in [0.1, 0.15) is 0 Å². The van der Waals surface area contributed by atoms with Gasteiger partial charge in [0, 0.05) is 13.6 Å².